The van der Waals surface area contributed by atoms with E-state index in [9.17, 15) is 4.79 Å². The first-order valence-corrected chi connectivity index (χ1v) is 10.4. The Labute approximate surface area is 183 Å². The fourth-order valence-corrected chi connectivity index (χ4v) is 4.31. The molecule has 2 aromatic carbocycles. The summed E-state index contributed by atoms with van der Waals surface area (Å²) in [6, 6.07) is 10.8. The average molecular weight is 454 g/mol. The second-order valence-electron chi connectivity index (χ2n) is 5.87. The Kier molecular flexibility index (Phi) is 6.88. The molecule has 1 heterocycles. The number of carbonyl (C=O) groups is 1. The van der Waals surface area contributed by atoms with Crippen molar-refractivity contribution in [3.05, 3.63) is 62.5 Å². The van der Waals surface area contributed by atoms with E-state index in [1.807, 2.05) is 31.2 Å². The van der Waals surface area contributed by atoms with E-state index in [-0.39, 0.29) is 5.91 Å². The number of rotatable bonds is 6. The number of thioether (sulfide) groups is 1. The summed E-state index contributed by atoms with van der Waals surface area (Å²) in [6.07, 6.45) is 1.81. The number of benzene rings is 2. The standard InChI is InChI=1S/C20H17Cl2NO3S2/c1-3-23-19(24)18(28-20(23)27)10-12-5-7-16(17(9-12)25-2)26-11-13-4-6-14(21)15(22)8-13/h4-10H,3,11H2,1-2H3/b18-10-. The normalized spacial score (nSPS) is 15.4. The number of hydrogen-bond donors (Lipinski definition) is 0. The maximum absolute atomic E-state index is 12.4. The third-order valence-corrected chi connectivity index (χ3v) is 6.17. The molecule has 28 heavy (non-hydrogen) atoms. The van der Waals surface area contributed by atoms with Gasteiger partial charge in [-0.25, -0.2) is 0 Å². The quantitative estimate of drug-likeness (QED) is 0.407. The lowest BCUT2D eigenvalue weighted by atomic mass is 10.1. The number of halogens is 2. The number of ether oxygens (including phenoxy) is 2. The van der Waals surface area contributed by atoms with Gasteiger partial charge in [-0.15, -0.1) is 0 Å². The van der Waals surface area contributed by atoms with Crippen LogP contribution in [0.3, 0.4) is 0 Å². The van der Waals surface area contributed by atoms with Gasteiger partial charge < -0.3 is 9.47 Å². The van der Waals surface area contributed by atoms with Gasteiger partial charge in [0, 0.05) is 6.54 Å². The summed E-state index contributed by atoms with van der Waals surface area (Å²) in [5, 5.41) is 0.982. The summed E-state index contributed by atoms with van der Waals surface area (Å²) in [5.41, 5.74) is 1.72. The van der Waals surface area contributed by atoms with Gasteiger partial charge in [-0.3, -0.25) is 9.69 Å². The predicted octanol–water partition coefficient (Wildman–Crippen LogP) is 5.80. The summed E-state index contributed by atoms with van der Waals surface area (Å²) >= 11 is 18.5. The molecular formula is C20H17Cl2NO3S2. The summed E-state index contributed by atoms with van der Waals surface area (Å²) < 4.78 is 11.9. The minimum atomic E-state index is -0.0728. The molecule has 0 aliphatic carbocycles. The summed E-state index contributed by atoms with van der Waals surface area (Å²) in [5.74, 6) is 1.09. The van der Waals surface area contributed by atoms with Gasteiger partial charge in [0.05, 0.1) is 22.1 Å². The van der Waals surface area contributed by atoms with Crippen molar-refractivity contribution in [2.75, 3.05) is 13.7 Å². The molecule has 0 radical (unpaired) electrons. The van der Waals surface area contributed by atoms with Crippen LogP contribution in [0.4, 0.5) is 0 Å². The van der Waals surface area contributed by atoms with E-state index in [0.29, 0.717) is 43.9 Å². The van der Waals surface area contributed by atoms with Crippen LogP contribution in [0.5, 0.6) is 11.5 Å². The fraction of sp³-hybridized carbons (Fsp3) is 0.200. The predicted molar refractivity (Wildman–Crippen MR) is 119 cm³/mol. The van der Waals surface area contributed by atoms with Crippen molar-refractivity contribution in [1.82, 2.24) is 4.90 Å². The molecule has 1 aliphatic rings. The summed E-state index contributed by atoms with van der Waals surface area (Å²) in [7, 11) is 1.57. The van der Waals surface area contributed by atoms with Crippen LogP contribution < -0.4 is 9.47 Å². The number of methoxy groups -OCH3 is 1. The molecule has 0 spiro atoms. The zero-order valence-electron chi connectivity index (χ0n) is 15.2. The third-order valence-electron chi connectivity index (χ3n) is 4.05. The minimum Gasteiger partial charge on any atom is -0.493 e. The Morgan fingerprint density at radius 1 is 1.14 bits per heavy atom. The number of thiocarbonyl (C=S) groups is 1. The molecule has 0 atom stereocenters. The second kappa shape index (κ2) is 9.18. The van der Waals surface area contributed by atoms with E-state index in [0.717, 1.165) is 11.1 Å². The lowest BCUT2D eigenvalue weighted by Crippen LogP contribution is -2.27. The van der Waals surface area contributed by atoms with Gasteiger partial charge in [0.1, 0.15) is 10.9 Å². The van der Waals surface area contributed by atoms with Gasteiger partial charge in [0.25, 0.3) is 5.91 Å². The Morgan fingerprint density at radius 3 is 2.57 bits per heavy atom. The van der Waals surface area contributed by atoms with Gasteiger partial charge in [0.15, 0.2) is 11.5 Å². The van der Waals surface area contributed by atoms with Gasteiger partial charge in [-0.1, -0.05) is 59.3 Å². The first-order valence-electron chi connectivity index (χ1n) is 8.43. The molecule has 0 unspecified atom stereocenters. The van der Waals surface area contributed by atoms with E-state index >= 15 is 0 Å². The van der Waals surface area contributed by atoms with Gasteiger partial charge in [-0.2, -0.15) is 0 Å². The SMILES string of the molecule is CCN1C(=O)/C(=C/c2ccc(OCc3ccc(Cl)c(Cl)c3)c(OC)c2)SC1=S. The molecule has 1 fully saturated rings. The van der Waals surface area contributed by atoms with Crippen molar-refractivity contribution in [3.63, 3.8) is 0 Å². The maximum atomic E-state index is 12.4. The van der Waals surface area contributed by atoms with Crippen molar-refractivity contribution in [3.8, 4) is 11.5 Å². The Morgan fingerprint density at radius 2 is 1.93 bits per heavy atom. The molecule has 8 heteroatoms. The van der Waals surface area contributed by atoms with Crippen molar-refractivity contribution in [2.45, 2.75) is 13.5 Å². The molecule has 0 aromatic heterocycles. The molecule has 0 saturated carbocycles. The van der Waals surface area contributed by atoms with Gasteiger partial charge >= 0.3 is 0 Å². The molecule has 0 N–H and O–H groups in total. The molecular weight excluding hydrogens is 437 g/mol. The first kappa shape index (κ1) is 21.0. The van der Waals surface area contributed by atoms with Crippen LogP contribution in [0.1, 0.15) is 18.1 Å². The van der Waals surface area contributed by atoms with Crippen molar-refractivity contribution in [2.24, 2.45) is 0 Å². The highest BCUT2D eigenvalue weighted by Crippen LogP contribution is 2.35. The Balaban J connectivity index is 1.77. The Hall–Kier alpha value is -1.73. The molecule has 146 valence electrons. The maximum Gasteiger partial charge on any atom is 0.266 e. The molecule has 2 aromatic rings. The fourth-order valence-electron chi connectivity index (χ4n) is 2.61. The molecule has 1 aliphatic heterocycles. The summed E-state index contributed by atoms with van der Waals surface area (Å²) in [6.45, 7) is 2.78. The van der Waals surface area contributed by atoms with Crippen LogP contribution in [-0.2, 0) is 11.4 Å². The van der Waals surface area contributed by atoms with E-state index in [1.165, 1.54) is 11.8 Å². The van der Waals surface area contributed by atoms with Crippen LogP contribution in [0.15, 0.2) is 41.3 Å². The average Bonchev–Trinajstić information content (AvgIpc) is 2.95. The topological polar surface area (TPSA) is 38.8 Å². The zero-order valence-corrected chi connectivity index (χ0v) is 18.3. The number of carbonyl (C=O) groups excluding carboxylic acids is 1. The minimum absolute atomic E-state index is 0.0728. The Bertz CT molecular complexity index is 962. The van der Waals surface area contributed by atoms with Crippen LogP contribution in [0.25, 0.3) is 6.08 Å². The summed E-state index contributed by atoms with van der Waals surface area (Å²) in [4.78, 5) is 14.5. The lowest BCUT2D eigenvalue weighted by molar-refractivity contribution is -0.121. The van der Waals surface area contributed by atoms with Crippen LogP contribution in [-0.4, -0.2) is 28.8 Å². The van der Waals surface area contributed by atoms with Crippen molar-refractivity contribution >= 4 is 63.5 Å². The number of hydrogen-bond acceptors (Lipinski definition) is 5. The second-order valence-corrected chi connectivity index (χ2v) is 8.36. The number of nitrogens with zero attached hydrogens (tertiary/aromatic N) is 1. The zero-order chi connectivity index (χ0) is 20.3. The van der Waals surface area contributed by atoms with Gasteiger partial charge in [-0.05, 0) is 48.4 Å². The molecule has 1 saturated heterocycles. The van der Waals surface area contributed by atoms with Crippen molar-refractivity contribution in [1.29, 1.82) is 0 Å². The van der Waals surface area contributed by atoms with E-state index in [4.69, 9.17) is 44.9 Å². The molecule has 1 amide bonds. The first-order chi connectivity index (χ1) is 13.4. The highest BCUT2D eigenvalue weighted by molar-refractivity contribution is 8.26. The van der Waals surface area contributed by atoms with E-state index in [2.05, 4.69) is 0 Å². The highest BCUT2D eigenvalue weighted by Gasteiger charge is 2.30. The monoisotopic (exact) mass is 453 g/mol. The van der Waals surface area contributed by atoms with Crippen LogP contribution >= 0.6 is 47.2 Å². The van der Waals surface area contributed by atoms with Crippen LogP contribution in [0.2, 0.25) is 10.0 Å². The smallest absolute Gasteiger partial charge is 0.266 e. The van der Waals surface area contributed by atoms with Gasteiger partial charge in [0.2, 0.25) is 0 Å². The molecule has 4 nitrogen and oxygen atoms in total. The third kappa shape index (κ3) is 4.63. The van der Waals surface area contributed by atoms with E-state index in [1.54, 1.807) is 30.2 Å². The largest absolute Gasteiger partial charge is 0.493 e. The number of amides is 1. The van der Waals surface area contributed by atoms with Crippen molar-refractivity contribution < 1.29 is 14.3 Å². The number of likely N-dealkylation sites (N-methyl/N-ethyl adjacent to an activating group) is 1. The molecule has 3 rings (SSSR count). The van der Waals surface area contributed by atoms with Crippen LogP contribution in [0, 0.1) is 0 Å². The molecule has 0 bridgehead atoms. The van der Waals surface area contributed by atoms with E-state index < -0.39 is 0 Å². The highest BCUT2D eigenvalue weighted by atomic mass is 35.5. The lowest BCUT2D eigenvalue weighted by Gasteiger charge is -2.12.